The van der Waals surface area contributed by atoms with E-state index in [9.17, 15) is 30.4 Å². The Hall–Kier alpha value is -2.44. The fraction of sp³-hybridized carbons (Fsp3) is 0.333. The highest BCUT2D eigenvalue weighted by Gasteiger charge is 2.34. The molecule has 138 valence electrons. The van der Waals surface area contributed by atoms with Crippen molar-refractivity contribution in [2.75, 3.05) is 11.8 Å². The summed E-state index contributed by atoms with van der Waals surface area (Å²) in [6.45, 7) is 0. The molecule has 0 unspecified atom stereocenters. The molecule has 2 heterocycles. The first-order valence-corrected chi connectivity index (χ1v) is 7.89. The Balaban J connectivity index is 2.53. The van der Waals surface area contributed by atoms with Gasteiger partial charge in [-0.15, -0.1) is 0 Å². The van der Waals surface area contributed by atoms with Gasteiger partial charge in [-0.3, -0.25) is 9.40 Å². The first kappa shape index (κ1) is 18.9. The largest absolute Gasteiger partial charge is 0.480 e. The van der Waals surface area contributed by atoms with Crippen molar-refractivity contribution in [1.29, 1.82) is 0 Å². The summed E-state index contributed by atoms with van der Waals surface area (Å²) < 4.78 is 96.2. The highest BCUT2D eigenvalue weighted by Crippen LogP contribution is 2.34. The molecule has 0 radical (unpaired) electrons. The molecule has 2 rings (SSSR count). The molecule has 0 aliphatic heterocycles. The first-order chi connectivity index (χ1) is 11.5. The van der Waals surface area contributed by atoms with Gasteiger partial charge in [-0.2, -0.15) is 18.3 Å². The van der Waals surface area contributed by atoms with Crippen molar-refractivity contribution in [3.05, 3.63) is 29.7 Å². The average Bonchev–Trinajstić information content (AvgIpc) is 2.85. The monoisotopic (exact) mass is 386 g/mol. The maximum absolute atomic E-state index is 12.9. The zero-order chi connectivity index (χ0) is 19.0. The van der Waals surface area contributed by atoms with Gasteiger partial charge in [0.2, 0.25) is 5.88 Å². The lowest BCUT2D eigenvalue weighted by atomic mass is 10.3. The maximum atomic E-state index is 12.9. The molecule has 2 aromatic heterocycles. The number of aromatic nitrogens is 3. The zero-order valence-electron chi connectivity index (χ0n) is 12.7. The molecular weight excluding hydrogens is 375 g/mol. The number of alkyl halides is 5. The summed E-state index contributed by atoms with van der Waals surface area (Å²) in [6.07, 6.45) is -6.61. The molecule has 25 heavy (non-hydrogen) atoms. The van der Waals surface area contributed by atoms with Gasteiger partial charge in [-0.25, -0.2) is 22.2 Å². The highest BCUT2D eigenvalue weighted by atomic mass is 32.2. The summed E-state index contributed by atoms with van der Waals surface area (Å²) >= 11 is 0. The van der Waals surface area contributed by atoms with Crippen LogP contribution in [0.15, 0.2) is 23.4 Å². The Morgan fingerprint density at radius 1 is 1.32 bits per heavy atom. The number of nitrogens with one attached hydrogen (secondary N) is 1. The summed E-state index contributed by atoms with van der Waals surface area (Å²) in [4.78, 5) is 2.35. The molecule has 0 fully saturated rings. The van der Waals surface area contributed by atoms with Crippen LogP contribution < -0.4 is 9.46 Å². The minimum absolute atomic E-state index is 0.298. The second-order valence-corrected chi connectivity index (χ2v) is 6.39. The Bertz CT molecular complexity index is 879. The van der Waals surface area contributed by atoms with Crippen molar-refractivity contribution in [1.82, 2.24) is 14.8 Å². The summed E-state index contributed by atoms with van der Waals surface area (Å²) in [6, 6.07) is 0.298. The lowest BCUT2D eigenvalue weighted by Gasteiger charge is -2.13. The molecular formula is C12H11F5N4O3S. The van der Waals surface area contributed by atoms with Gasteiger partial charge in [0.05, 0.1) is 18.4 Å². The van der Waals surface area contributed by atoms with Gasteiger partial charge in [0.1, 0.15) is 4.90 Å². The van der Waals surface area contributed by atoms with Crippen molar-refractivity contribution < 1.29 is 35.1 Å². The number of ether oxygens (including phenoxy) is 1. The minimum atomic E-state index is -4.86. The lowest BCUT2D eigenvalue weighted by molar-refractivity contribution is -0.138. The molecule has 7 nitrogen and oxygen atoms in total. The second kappa shape index (κ2) is 6.46. The Morgan fingerprint density at radius 2 is 1.96 bits per heavy atom. The number of sulfonamides is 1. The molecule has 0 amide bonds. The maximum Gasteiger partial charge on any atom is 0.417 e. The van der Waals surface area contributed by atoms with Gasteiger partial charge in [0, 0.05) is 19.4 Å². The number of anilines is 1. The van der Waals surface area contributed by atoms with Crippen LogP contribution in [0.25, 0.3) is 0 Å². The standard InChI is InChI=1S/C12H11F5N4O3S/c1-21-5-7(9(19-21)10(13)14)20-25(22,23)8-3-6(12(15,16)17)4-18-11(8)24-2/h3-5,10,20H,1-2H3. The predicted octanol–water partition coefficient (Wildman–Crippen LogP) is 2.58. The summed E-state index contributed by atoms with van der Waals surface area (Å²) in [7, 11) is -2.43. The zero-order valence-corrected chi connectivity index (χ0v) is 13.5. The number of halogens is 5. The van der Waals surface area contributed by atoms with Gasteiger partial charge in [-0.05, 0) is 6.07 Å². The summed E-state index contributed by atoms with van der Waals surface area (Å²) in [5.41, 5.74) is -2.78. The van der Waals surface area contributed by atoms with Crippen LogP contribution in [0.2, 0.25) is 0 Å². The quantitative estimate of drug-likeness (QED) is 0.799. The van der Waals surface area contributed by atoms with E-state index in [4.69, 9.17) is 0 Å². The van der Waals surface area contributed by atoms with E-state index in [1.54, 1.807) is 4.72 Å². The fourth-order valence-electron chi connectivity index (χ4n) is 1.88. The number of aryl methyl sites for hydroxylation is 1. The van der Waals surface area contributed by atoms with Gasteiger partial charge in [0.25, 0.3) is 16.4 Å². The van der Waals surface area contributed by atoms with Crippen LogP contribution in [0, 0.1) is 0 Å². The van der Waals surface area contributed by atoms with E-state index in [0.717, 1.165) is 18.0 Å². The molecule has 0 saturated carbocycles. The predicted molar refractivity (Wildman–Crippen MR) is 74.8 cm³/mol. The first-order valence-electron chi connectivity index (χ1n) is 6.41. The topological polar surface area (TPSA) is 86.1 Å². The molecule has 13 heteroatoms. The van der Waals surface area contributed by atoms with Crippen LogP contribution in [0.1, 0.15) is 17.7 Å². The van der Waals surface area contributed by atoms with E-state index in [0.29, 0.717) is 12.3 Å². The van der Waals surface area contributed by atoms with Crippen LogP contribution in [-0.4, -0.2) is 30.3 Å². The van der Waals surface area contributed by atoms with Crippen molar-refractivity contribution in [2.45, 2.75) is 17.5 Å². The fourth-order valence-corrected chi connectivity index (χ4v) is 3.08. The van der Waals surface area contributed by atoms with Crippen molar-refractivity contribution in [3.63, 3.8) is 0 Å². The summed E-state index contributed by atoms with van der Waals surface area (Å²) in [5.74, 6) is -0.622. The third kappa shape index (κ3) is 3.97. The molecule has 0 aliphatic rings. The van der Waals surface area contributed by atoms with Crippen molar-refractivity contribution >= 4 is 15.7 Å². The van der Waals surface area contributed by atoms with E-state index < -0.39 is 50.3 Å². The van der Waals surface area contributed by atoms with Crippen LogP contribution in [0.3, 0.4) is 0 Å². The van der Waals surface area contributed by atoms with Crippen LogP contribution in [0.5, 0.6) is 5.88 Å². The molecule has 0 saturated heterocycles. The number of rotatable bonds is 5. The smallest absolute Gasteiger partial charge is 0.417 e. The third-order valence-corrected chi connectivity index (χ3v) is 4.30. The average molecular weight is 386 g/mol. The number of nitrogens with zero attached hydrogens (tertiary/aromatic N) is 3. The van der Waals surface area contributed by atoms with Crippen LogP contribution in [-0.2, 0) is 23.2 Å². The Kier molecular flexibility index (Phi) is 4.88. The van der Waals surface area contributed by atoms with Crippen molar-refractivity contribution in [3.8, 4) is 5.88 Å². The van der Waals surface area contributed by atoms with Gasteiger partial charge >= 0.3 is 6.18 Å². The van der Waals surface area contributed by atoms with Crippen molar-refractivity contribution in [2.24, 2.45) is 7.05 Å². The van der Waals surface area contributed by atoms with Crippen LogP contribution in [0.4, 0.5) is 27.6 Å². The molecule has 0 bridgehead atoms. The minimum Gasteiger partial charge on any atom is -0.480 e. The van der Waals surface area contributed by atoms with E-state index in [-0.39, 0.29) is 0 Å². The summed E-state index contributed by atoms with van der Waals surface area (Å²) in [5, 5.41) is 3.40. The van der Waals surface area contributed by atoms with Crippen LogP contribution >= 0.6 is 0 Å². The third-order valence-electron chi connectivity index (χ3n) is 2.94. The number of hydrogen-bond acceptors (Lipinski definition) is 5. The Morgan fingerprint density at radius 3 is 2.48 bits per heavy atom. The van der Waals surface area contributed by atoms with Gasteiger partial charge < -0.3 is 4.74 Å². The van der Waals surface area contributed by atoms with Gasteiger partial charge in [-0.1, -0.05) is 0 Å². The lowest BCUT2D eigenvalue weighted by Crippen LogP contribution is -2.17. The Labute approximate surface area is 138 Å². The second-order valence-electron chi connectivity index (χ2n) is 4.74. The highest BCUT2D eigenvalue weighted by molar-refractivity contribution is 7.92. The SMILES string of the molecule is COc1ncc(C(F)(F)F)cc1S(=O)(=O)Nc1cn(C)nc1C(F)F. The van der Waals surface area contributed by atoms with E-state index in [2.05, 4.69) is 14.8 Å². The molecule has 2 aromatic rings. The van der Waals surface area contributed by atoms with E-state index in [1.165, 1.54) is 7.05 Å². The van der Waals surface area contributed by atoms with E-state index in [1.807, 2.05) is 0 Å². The molecule has 0 atom stereocenters. The van der Waals surface area contributed by atoms with Gasteiger partial charge in [0.15, 0.2) is 5.69 Å². The normalized spacial score (nSPS) is 12.5. The molecule has 0 spiro atoms. The number of hydrogen-bond donors (Lipinski definition) is 1. The molecule has 0 aromatic carbocycles. The number of pyridine rings is 1. The number of methoxy groups -OCH3 is 1. The molecule has 1 N–H and O–H groups in total. The molecule has 0 aliphatic carbocycles. The van der Waals surface area contributed by atoms with E-state index >= 15 is 0 Å².